The third-order valence-corrected chi connectivity index (χ3v) is 2.15. The molecule has 0 unspecified atom stereocenters. The van der Waals surface area contributed by atoms with Gasteiger partial charge in [0.2, 0.25) is 0 Å². The molecule has 0 aliphatic carbocycles. The minimum absolute atomic E-state index is 0.347. The predicted molar refractivity (Wildman–Crippen MR) is 64.0 cm³/mol. The summed E-state index contributed by atoms with van der Waals surface area (Å²) in [4.78, 5) is 22.5. The Morgan fingerprint density at radius 2 is 1.59 bits per heavy atom. The minimum Gasteiger partial charge on any atom is -0.480 e. The van der Waals surface area contributed by atoms with Crippen molar-refractivity contribution in [3.8, 4) is 0 Å². The molecule has 0 fully saturated rings. The van der Waals surface area contributed by atoms with Gasteiger partial charge in [-0.05, 0) is 17.7 Å². The maximum atomic E-state index is 10.6. The summed E-state index contributed by atoms with van der Waals surface area (Å²) in [5.41, 5.74) is 1.44. The quantitative estimate of drug-likeness (QED) is 0.777. The predicted octanol–water partition coefficient (Wildman–Crippen LogP) is 1.31. The Hall–Kier alpha value is -2.30. The molecule has 0 radical (unpaired) electrons. The highest BCUT2D eigenvalue weighted by Crippen LogP contribution is 2.15. The molecular formula is C12H13NO4. The van der Waals surface area contributed by atoms with Crippen LogP contribution in [0.2, 0.25) is 0 Å². The number of hydrogen-bond donors (Lipinski definition) is 2. The van der Waals surface area contributed by atoms with E-state index < -0.39 is 11.9 Å². The van der Waals surface area contributed by atoms with Crippen LogP contribution in [-0.2, 0) is 9.59 Å². The summed E-state index contributed by atoms with van der Waals surface area (Å²) in [6.45, 7) is 2.91. The Morgan fingerprint density at radius 1 is 1.12 bits per heavy atom. The van der Waals surface area contributed by atoms with Gasteiger partial charge in [-0.25, -0.2) is 0 Å². The van der Waals surface area contributed by atoms with Gasteiger partial charge in [-0.2, -0.15) is 0 Å². The molecule has 1 aromatic carbocycles. The molecule has 5 nitrogen and oxygen atoms in total. The lowest BCUT2D eigenvalue weighted by Crippen LogP contribution is -2.34. The van der Waals surface area contributed by atoms with Crippen molar-refractivity contribution in [2.75, 3.05) is 18.0 Å². The van der Waals surface area contributed by atoms with E-state index >= 15 is 0 Å². The molecule has 0 spiro atoms. The van der Waals surface area contributed by atoms with Crippen molar-refractivity contribution in [1.82, 2.24) is 0 Å². The van der Waals surface area contributed by atoms with E-state index in [4.69, 9.17) is 10.2 Å². The van der Waals surface area contributed by atoms with Crippen LogP contribution < -0.4 is 4.90 Å². The van der Waals surface area contributed by atoms with Gasteiger partial charge in [0.25, 0.3) is 0 Å². The van der Waals surface area contributed by atoms with E-state index in [9.17, 15) is 9.59 Å². The van der Waals surface area contributed by atoms with E-state index in [1.807, 2.05) is 0 Å². The highest BCUT2D eigenvalue weighted by Gasteiger charge is 2.13. The first-order valence-electron chi connectivity index (χ1n) is 4.94. The molecule has 0 aromatic heterocycles. The minimum atomic E-state index is -1.07. The SMILES string of the molecule is C=Cc1ccc(N(CC(=O)O)CC(=O)O)cc1. The molecular weight excluding hydrogens is 222 g/mol. The van der Waals surface area contributed by atoms with Crippen molar-refractivity contribution in [3.63, 3.8) is 0 Å². The van der Waals surface area contributed by atoms with Crippen molar-refractivity contribution in [2.24, 2.45) is 0 Å². The second-order valence-electron chi connectivity index (χ2n) is 3.44. The molecule has 0 saturated heterocycles. The van der Waals surface area contributed by atoms with Crippen molar-refractivity contribution in [1.29, 1.82) is 0 Å². The average molecular weight is 235 g/mol. The zero-order valence-electron chi connectivity index (χ0n) is 9.17. The summed E-state index contributed by atoms with van der Waals surface area (Å²) in [6, 6.07) is 6.84. The zero-order valence-corrected chi connectivity index (χ0v) is 9.17. The second-order valence-corrected chi connectivity index (χ2v) is 3.44. The van der Waals surface area contributed by atoms with E-state index in [0.717, 1.165) is 5.56 Å². The summed E-state index contributed by atoms with van der Waals surface area (Å²) in [7, 11) is 0. The summed E-state index contributed by atoms with van der Waals surface area (Å²) >= 11 is 0. The van der Waals surface area contributed by atoms with Crippen molar-refractivity contribution >= 4 is 23.7 Å². The van der Waals surface area contributed by atoms with Crippen LogP contribution in [0.5, 0.6) is 0 Å². The Morgan fingerprint density at radius 3 is 1.94 bits per heavy atom. The van der Waals surface area contributed by atoms with E-state index in [-0.39, 0.29) is 13.1 Å². The lowest BCUT2D eigenvalue weighted by atomic mass is 10.2. The van der Waals surface area contributed by atoms with Crippen LogP contribution >= 0.6 is 0 Å². The van der Waals surface area contributed by atoms with E-state index in [1.54, 1.807) is 30.3 Å². The third-order valence-electron chi connectivity index (χ3n) is 2.15. The first-order chi connectivity index (χ1) is 8.02. The highest BCUT2D eigenvalue weighted by atomic mass is 16.4. The number of nitrogens with zero attached hydrogens (tertiary/aromatic N) is 1. The summed E-state index contributed by atoms with van der Waals surface area (Å²) in [5, 5.41) is 17.4. The van der Waals surface area contributed by atoms with Crippen LogP contribution in [0.25, 0.3) is 6.08 Å². The monoisotopic (exact) mass is 235 g/mol. The molecule has 0 aliphatic heterocycles. The second kappa shape index (κ2) is 5.69. The summed E-state index contributed by atoms with van der Waals surface area (Å²) in [6.07, 6.45) is 1.66. The third kappa shape index (κ3) is 3.98. The molecule has 17 heavy (non-hydrogen) atoms. The number of carboxylic acid groups (broad SMARTS) is 2. The Labute approximate surface area is 98.6 Å². The van der Waals surface area contributed by atoms with Crippen LogP contribution in [0.1, 0.15) is 5.56 Å². The molecule has 90 valence electrons. The van der Waals surface area contributed by atoms with Crippen LogP contribution in [-0.4, -0.2) is 35.2 Å². The number of hydrogen-bond acceptors (Lipinski definition) is 3. The molecule has 1 rings (SSSR count). The fourth-order valence-corrected chi connectivity index (χ4v) is 1.39. The van der Waals surface area contributed by atoms with E-state index in [1.165, 1.54) is 4.90 Å². The smallest absolute Gasteiger partial charge is 0.323 e. The lowest BCUT2D eigenvalue weighted by Gasteiger charge is -2.20. The average Bonchev–Trinajstić information content (AvgIpc) is 2.27. The number of benzene rings is 1. The molecule has 0 heterocycles. The van der Waals surface area contributed by atoms with Crippen molar-refractivity contribution in [3.05, 3.63) is 36.4 Å². The number of carbonyl (C=O) groups is 2. The van der Waals surface area contributed by atoms with Gasteiger partial charge >= 0.3 is 11.9 Å². The molecule has 0 amide bonds. The maximum Gasteiger partial charge on any atom is 0.323 e. The zero-order chi connectivity index (χ0) is 12.8. The van der Waals surface area contributed by atoms with Crippen LogP contribution in [0.15, 0.2) is 30.8 Å². The Balaban J connectivity index is 2.90. The Bertz CT molecular complexity index is 409. The lowest BCUT2D eigenvalue weighted by molar-refractivity contribution is -0.136. The number of aliphatic carboxylic acids is 2. The van der Waals surface area contributed by atoms with Crippen molar-refractivity contribution < 1.29 is 19.8 Å². The fourth-order valence-electron chi connectivity index (χ4n) is 1.39. The molecule has 0 bridgehead atoms. The van der Waals surface area contributed by atoms with Gasteiger partial charge < -0.3 is 15.1 Å². The normalized spacial score (nSPS) is 9.65. The van der Waals surface area contributed by atoms with Gasteiger partial charge in [-0.15, -0.1) is 0 Å². The Kier molecular flexibility index (Phi) is 4.28. The van der Waals surface area contributed by atoms with Gasteiger partial charge in [0, 0.05) is 5.69 Å². The van der Waals surface area contributed by atoms with Crippen LogP contribution in [0.3, 0.4) is 0 Å². The number of rotatable bonds is 6. The largest absolute Gasteiger partial charge is 0.480 e. The first kappa shape index (κ1) is 12.8. The van der Waals surface area contributed by atoms with Gasteiger partial charge in [-0.3, -0.25) is 9.59 Å². The summed E-state index contributed by atoms with van der Waals surface area (Å²) in [5.74, 6) is -2.14. The molecule has 1 aromatic rings. The highest BCUT2D eigenvalue weighted by molar-refractivity contribution is 5.79. The van der Waals surface area contributed by atoms with Gasteiger partial charge in [0.05, 0.1) is 0 Å². The van der Waals surface area contributed by atoms with Gasteiger partial charge in [-0.1, -0.05) is 24.8 Å². The van der Waals surface area contributed by atoms with Gasteiger partial charge in [0.15, 0.2) is 0 Å². The fraction of sp³-hybridized carbons (Fsp3) is 0.167. The topological polar surface area (TPSA) is 77.8 Å². The van der Waals surface area contributed by atoms with E-state index in [2.05, 4.69) is 6.58 Å². The molecule has 0 aliphatic rings. The number of carboxylic acids is 2. The summed E-state index contributed by atoms with van der Waals surface area (Å²) < 4.78 is 0. The van der Waals surface area contributed by atoms with Crippen LogP contribution in [0.4, 0.5) is 5.69 Å². The molecule has 5 heteroatoms. The maximum absolute atomic E-state index is 10.6. The molecule has 0 atom stereocenters. The molecule has 2 N–H and O–H groups in total. The first-order valence-corrected chi connectivity index (χ1v) is 4.94. The van der Waals surface area contributed by atoms with Crippen LogP contribution in [0, 0.1) is 0 Å². The van der Waals surface area contributed by atoms with E-state index in [0.29, 0.717) is 5.69 Å². The van der Waals surface area contributed by atoms with Gasteiger partial charge in [0.1, 0.15) is 13.1 Å². The number of anilines is 1. The molecule has 0 saturated carbocycles. The van der Waals surface area contributed by atoms with Crippen molar-refractivity contribution in [2.45, 2.75) is 0 Å². The standard InChI is InChI=1S/C12H13NO4/c1-2-9-3-5-10(6-4-9)13(7-11(14)15)8-12(16)17/h2-6H,1,7-8H2,(H,14,15)(H,16,17).